The van der Waals surface area contributed by atoms with Gasteiger partial charge in [0, 0.05) is 23.2 Å². The van der Waals surface area contributed by atoms with Gasteiger partial charge >= 0.3 is 0 Å². The second-order valence-corrected chi connectivity index (χ2v) is 7.02. The van der Waals surface area contributed by atoms with E-state index >= 15 is 0 Å². The lowest BCUT2D eigenvalue weighted by molar-refractivity contribution is -0.121. The number of thiazole rings is 1. The fourth-order valence-electron chi connectivity index (χ4n) is 2.13. The first kappa shape index (κ1) is 17.1. The maximum Gasteiger partial charge on any atom is 0.220 e. The number of amides is 1. The van der Waals surface area contributed by atoms with Gasteiger partial charge < -0.3 is 5.32 Å². The van der Waals surface area contributed by atoms with Crippen molar-refractivity contribution in [1.82, 2.24) is 15.2 Å². The smallest absolute Gasteiger partial charge is 0.220 e. The molecule has 0 spiro atoms. The highest BCUT2D eigenvalue weighted by atomic mass is 32.1. The average molecular weight is 338 g/mol. The highest BCUT2D eigenvalue weighted by molar-refractivity contribution is 7.10. The van der Waals surface area contributed by atoms with Crippen LogP contribution in [0.5, 0.6) is 0 Å². The second-order valence-electron chi connectivity index (χ2n) is 5.05. The van der Waals surface area contributed by atoms with E-state index in [1.54, 1.807) is 22.7 Å². The van der Waals surface area contributed by atoms with Crippen LogP contribution in [0.2, 0.25) is 0 Å². The third-order valence-electron chi connectivity index (χ3n) is 3.49. The molecule has 0 fully saturated rings. The van der Waals surface area contributed by atoms with Gasteiger partial charge in [-0.05, 0) is 31.0 Å². The van der Waals surface area contributed by atoms with Crippen molar-refractivity contribution in [2.45, 2.75) is 39.8 Å². The van der Waals surface area contributed by atoms with E-state index < -0.39 is 0 Å². The van der Waals surface area contributed by atoms with Crippen LogP contribution in [0, 0.1) is 0 Å². The van der Waals surface area contributed by atoms with E-state index in [2.05, 4.69) is 40.5 Å². The Hall–Kier alpha value is -1.24. The summed E-state index contributed by atoms with van der Waals surface area (Å²) in [4.78, 5) is 20.0. The van der Waals surface area contributed by atoms with Gasteiger partial charge in [-0.1, -0.05) is 19.9 Å². The van der Waals surface area contributed by atoms with E-state index in [0.29, 0.717) is 13.0 Å². The first-order valence-electron chi connectivity index (χ1n) is 7.66. The summed E-state index contributed by atoms with van der Waals surface area (Å²) in [5, 5.41) is 8.07. The quantitative estimate of drug-likeness (QED) is 0.764. The molecule has 0 unspecified atom stereocenters. The van der Waals surface area contributed by atoms with Crippen molar-refractivity contribution in [3.05, 3.63) is 38.5 Å². The third-order valence-corrected chi connectivity index (χ3v) is 5.33. The lowest BCUT2D eigenvalue weighted by Gasteiger charge is -2.15. The average Bonchev–Trinajstić information content (AvgIpc) is 3.20. The molecule has 2 heterocycles. The molecule has 2 aromatic rings. The second kappa shape index (κ2) is 9.02. The van der Waals surface area contributed by atoms with Crippen LogP contribution >= 0.6 is 22.7 Å². The van der Waals surface area contributed by atoms with Gasteiger partial charge in [0.25, 0.3) is 0 Å². The van der Waals surface area contributed by atoms with E-state index in [1.165, 1.54) is 4.88 Å². The van der Waals surface area contributed by atoms with E-state index in [9.17, 15) is 4.79 Å². The Labute approximate surface area is 140 Å². The Kier molecular flexibility index (Phi) is 7.02. The zero-order valence-electron chi connectivity index (χ0n) is 13.2. The van der Waals surface area contributed by atoms with E-state index in [0.717, 1.165) is 36.8 Å². The van der Waals surface area contributed by atoms with E-state index in [-0.39, 0.29) is 5.91 Å². The molecule has 1 amide bonds. The molecule has 1 N–H and O–H groups in total. The number of hydrogen-bond acceptors (Lipinski definition) is 5. The molecule has 0 radical (unpaired) electrons. The first-order valence-corrected chi connectivity index (χ1v) is 9.41. The summed E-state index contributed by atoms with van der Waals surface area (Å²) in [6.07, 6.45) is 1.35. The van der Waals surface area contributed by atoms with Crippen molar-refractivity contribution in [1.29, 1.82) is 0 Å². The maximum absolute atomic E-state index is 11.9. The number of aryl methyl sites for hydroxylation is 1. The summed E-state index contributed by atoms with van der Waals surface area (Å²) in [5.41, 5.74) is 1.09. The fraction of sp³-hybridized carbons (Fsp3) is 0.500. The van der Waals surface area contributed by atoms with Crippen molar-refractivity contribution in [3.63, 3.8) is 0 Å². The molecular weight excluding hydrogens is 314 g/mol. The third kappa shape index (κ3) is 5.51. The summed E-state index contributed by atoms with van der Waals surface area (Å²) in [7, 11) is 0. The minimum atomic E-state index is 0.0916. The monoisotopic (exact) mass is 337 g/mol. The molecule has 0 aliphatic heterocycles. The summed E-state index contributed by atoms with van der Waals surface area (Å²) in [6, 6.07) is 4.09. The normalized spacial score (nSPS) is 11.0. The number of nitrogens with zero attached hydrogens (tertiary/aromatic N) is 2. The van der Waals surface area contributed by atoms with Gasteiger partial charge in [0.05, 0.1) is 12.2 Å². The molecular formula is C16H23N3OS2. The predicted octanol–water partition coefficient (Wildman–Crippen LogP) is 3.30. The Morgan fingerprint density at radius 2 is 2.14 bits per heavy atom. The van der Waals surface area contributed by atoms with Gasteiger partial charge in [0.2, 0.25) is 5.91 Å². The van der Waals surface area contributed by atoms with Gasteiger partial charge in [-0.3, -0.25) is 9.69 Å². The molecule has 0 aliphatic carbocycles. The molecule has 0 aromatic carbocycles. The summed E-state index contributed by atoms with van der Waals surface area (Å²) in [5.74, 6) is 0.0916. The zero-order chi connectivity index (χ0) is 15.8. The van der Waals surface area contributed by atoms with Crippen LogP contribution < -0.4 is 5.32 Å². The molecule has 0 saturated heterocycles. The Morgan fingerprint density at radius 3 is 2.82 bits per heavy atom. The topological polar surface area (TPSA) is 45.2 Å². The van der Waals surface area contributed by atoms with Gasteiger partial charge in [0.15, 0.2) is 0 Å². The number of thiophene rings is 1. The number of hydrogen-bond donors (Lipinski definition) is 1. The molecule has 22 heavy (non-hydrogen) atoms. The molecule has 4 nitrogen and oxygen atoms in total. The molecule has 6 heteroatoms. The molecule has 0 saturated carbocycles. The van der Waals surface area contributed by atoms with Crippen LogP contribution in [-0.4, -0.2) is 28.9 Å². The molecule has 0 aliphatic rings. The van der Waals surface area contributed by atoms with Crippen LogP contribution in [0.15, 0.2) is 22.9 Å². The first-order chi connectivity index (χ1) is 10.7. The van der Waals surface area contributed by atoms with Crippen LogP contribution in [0.4, 0.5) is 0 Å². The molecule has 0 atom stereocenters. The summed E-state index contributed by atoms with van der Waals surface area (Å²) >= 11 is 3.32. The highest BCUT2D eigenvalue weighted by Crippen LogP contribution is 2.13. The largest absolute Gasteiger partial charge is 0.350 e. The van der Waals surface area contributed by atoms with Crippen molar-refractivity contribution in [3.8, 4) is 0 Å². The van der Waals surface area contributed by atoms with Gasteiger partial charge in [-0.15, -0.1) is 22.7 Å². The lowest BCUT2D eigenvalue weighted by atomic mass is 10.2. The molecule has 120 valence electrons. The van der Waals surface area contributed by atoms with Crippen molar-refractivity contribution < 1.29 is 4.79 Å². The zero-order valence-corrected chi connectivity index (χ0v) is 14.8. The standard InChI is InChI=1S/C16H23N3OS2/c1-3-19(4-2)11-13-12-22-16(18-13)10-17-15(20)8-7-14-6-5-9-21-14/h5-6,9,12H,3-4,7-8,10-11H2,1-2H3,(H,17,20). The molecule has 0 bridgehead atoms. The Morgan fingerprint density at radius 1 is 1.32 bits per heavy atom. The van der Waals surface area contributed by atoms with E-state index in [1.807, 2.05) is 11.4 Å². The summed E-state index contributed by atoms with van der Waals surface area (Å²) in [6.45, 7) is 7.79. The fourth-order valence-corrected chi connectivity index (χ4v) is 3.57. The van der Waals surface area contributed by atoms with Gasteiger partial charge in [0.1, 0.15) is 5.01 Å². The van der Waals surface area contributed by atoms with Crippen LogP contribution in [0.1, 0.15) is 35.8 Å². The number of carbonyl (C=O) groups excluding carboxylic acids is 1. The summed E-state index contributed by atoms with van der Waals surface area (Å²) < 4.78 is 0. The highest BCUT2D eigenvalue weighted by Gasteiger charge is 2.08. The molecule has 2 aromatic heterocycles. The number of nitrogens with one attached hydrogen (secondary N) is 1. The van der Waals surface area contributed by atoms with Crippen molar-refractivity contribution in [2.24, 2.45) is 0 Å². The van der Waals surface area contributed by atoms with Crippen LogP contribution in [0.25, 0.3) is 0 Å². The van der Waals surface area contributed by atoms with Crippen LogP contribution in [0.3, 0.4) is 0 Å². The van der Waals surface area contributed by atoms with Crippen molar-refractivity contribution in [2.75, 3.05) is 13.1 Å². The van der Waals surface area contributed by atoms with Gasteiger partial charge in [-0.2, -0.15) is 0 Å². The minimum absolute atomic E-state index is 0.0916. The predicted molar refractivity (Wildman–Crippen MR) is 93.2 cm³/mol. The maximum atomic E-state index is 11.9. The number of carbonyl (C=O) groups is 1. The Balaban J connectivity index is 1.72. The SMILES string of the molecule is CCN(CC)Cc1csc(CNC(=O)CCc2cccs2)n1. The van der Waals surface area contributed by atoms with E-state index in [4.69, 9.17) is 0 Å². The molecule has 2 rings (SSSR count). The minimum Gasteiger partial charge on any atom is -0.350 e. The Bertz CT molecular complexity index is 562. The van der Waals surface area contributed by atoms with Gasteiger partial charge in [-0.25, -0.2) is 4.98 Å². The number of aromatic nitrogens is 1. The van der Waals surface area contributed by atoms with Crippen LogP contribution in [-0.2, 0) is 24.3 Å². The lowest BCUT2D eigenvalue weighted by Crippen LogP contribution is -2.23. The number of rotatable bonds is 9. The van der Waals surface area contributed by atoms with Crippen molar-refractivity contribution >= 4 is 28.6 Å².